The average Bonchev–Trinajstić information content (AvgIpc) is 2.14. The molecule has 0 aliphatic carbocycles. The molecule has 0 radical (unpaired) electrons. The van der Waals surface area contributed by atoms with Crippen molar-refractivity contribution in [3.63, 3.8) is 0 Å². The predicted octanol–water partition coefficient (Wildman–Crippen LogP) is 5.66. The van der Waals surface area contributed by atoms with Gasteiger partial charge in [-0.3, -0.25) is 0 Å². The van der Waals surface area contributed by atoms with Gasteiger partial charge < -0.3 is 0 Å². The van der Waals surface area contributed by atoms with Gasteiger partial charge >= 0.3 is 6.18 Å². The molecule has 0 amide bonds. The summed E-state index contributed by atoms with van der Waals surface area (Å²) in [6.45, 7) is 0. The highest BCUT2D eigenvalue weighted by Crippen LogP contribution is 2.43. The van der Waals surface area contributed by atoms with Crippen LogP contribution in [0.4, 0.5) is 13.2 Å². The third kappa shape index (κ3) is 3.10. The van der Waals surface area contributed by atoms with Crippen molar-refractivity contribution in [1.29, 1.82) is 0 Å². The molecular weight excluding hydrogens is 307 g/mol. The lowest BCUT2D eigenvalue weighted by Crippen LogP contribution is -2.11. The molecule has 0 nitrogen and oxygen atoms in total. The fourth-order valence-corrected chi connectivity index (χ4v) is 2.13. The van der Waals surface area contributed by atoms with E-state index in [9.17, 15) is 13.2 Å². The first-order valence-corrected chi connectivity index (χ1v) is 5.76. The molecule has 0 spiro atoms. The molecule has 0 unspecified atom stereocenters. The molecule has 16 heavy (non-hydrogen) atoms. The molecular formula is C9H5Cl4F3. The molecule has 0 saturated carbocycles. The number of hydrogen-bond acceptors (Lipinski definition) is 0. The topological polar surface area (TPSA) is 0 Å². The summed E-state index contributed by atoms with van der Waals surface area (Å²) in [7, 11) is 0. The van der Waals surface area contributed by atoms with E-state index in [-0.39, 0.29) is 11.1 Å². The molecule has 0 fully saturated rings. The van der Waals surface area contributed by atoms with Gasteiger partial charge in [0.1, 0.15) is 9.67 Å². The van der Waals surface area contributed by atoms with Gasteiger partial charge in [-0.25, -0.2) is 0 Å². The number of rotatable bonds is 2. The summed E-state index contributed by atoms with van der Waals surface area (Å²) in [6.07, 6.45) is -4.55. The number of hydrogen-bond donors (Lipinski definition) is 0. The summed E-state index contributed by atoms with van der Waals surface area (Å²) in [5.41, 5.74) is -1.16. The van der Waals surface area contributed by atoms with Gasteiger partial charge in [-0.15, -0.1) is 46.4 Å². The quantitative estimate of drug-likeness (QED) is 0.618. The van der Waals surface area contributed by atoms with Crippen molar-refractivity contribution in [2.24, 2.45) is 0 Å². The zero-order valence-electron chi connectivity index (χ0n) is 7.53. The van der Waals surface area contributed by atoms with Gasteiger partial charge in [-0.05, 0) is 11.6 Å². The van der Waals surface area contributed by atoms with Crippen molar-refractivity contribution in [1.82, 2.24) is 0 Å². The van der Waals surface area contributed by atoms with Gasteiger partial charge in [-0.1, -0.05) is 12.1 Å². The van der Waals surface area contributed by atoms with Crippen LogP contribution in [0.5, 0.6) is 0 Å². The molecule has 0 heterocycles. The van der Waals surface area contributed by atoms with Crippen LogP contribution in [0.15, 0.2) is 18.2 Å². The number of benzene rings is 1. The predicted molar refractivity (Wildman–Crippen MR) is 60.3 cm³/mol. The minimum Gasteiger partial charge on any atom is -0.166 e. The van der Waals surface area contributed by atoms with Gasteiger partial charge in [0.05, 0.1) is 5.56 Å². The van der Waals surface area contributed by atoms with E-state index in [4.69, 9.17) is 46.4 Å². The Labute approximate surface area is 110 Å². The fraction of sp³-hybridized carbons (Fsp3) is 0.333. The van der Waals surface area contributed by atoms with E-state index in [1.54, 1.807) is 0 Å². The lowest BCUT2D eigenvalue weighted by molar-refractivity contribution is -0.138. The highest BCUT2D eigenvalue weighted by molar-refractivity contribution is 6.46. The normalized spacial score (nSPS) is 12.6. The fourth-order valence-electron chi connectivity index (χ4n) is 1.26. The molecule has 1 aromatic rings. The average molecular weight is 312 g/mol. The van der Waals surface area contributed by atoms with Crippen LogP contribution in [-0.2, 0) is 6.18 Å². The maximum absolute atomic E-state index is 12.6. The summed E-state index contributed by atoms with van der Waals surface area (Å²) >= 11 is 22.1. The van der Waals surface area contributed by atoms with E-state index < -0.39 is 21.4 Å². The highest BCUT2D eigenvalue weighted by Gasteiger charge is 2.36. The van der Waals surface area contributed by atoms with Crippen LogP contribution in [0.3, 0.4) is 0 Å². The van der Waals surface area contributed by atoms with Crippen molar-refractivity contribution >= 4 is 46.4 Å². The molecule has 0 aromatic heterocycles. The largest absolute Gasteiger partial charge is 0.416 e. The molecule has 0 atom stereocenters. The molecule has 1 rings (SSSR count). The van der Waals surface area contributed by atoms with Crippen LogP contribution < -0.4 is 0 Å². The first kappa shape index (κ1) is 14.2. The molecule has 0 aliphatic heterocycles. The molecule has 0 aliphatic rings. The SMILES string of the molecule is FC(F)(F)c1cccc(C(Cl)Cl)c1C(Cl)Cl. The Balaban J connectivity index is 3.45. The van der Waals surface area contributed by atoms with E-state index >= 15 is 0 Å². The van der Waals surface area contributed by atoms with Crippen LogP contribution in [-0.4, -0.2) is 0 Å². The maximum Gasteiger partial charge on any atom is 0.416 e. The van der Waals surface area contributed by atoms with Gasteiger partial charge in [-0.2, -0.15) is 13.2 Å². The summed E-state index contributed by atoms with van der Waals surface area (Å²) in [5, 5.41) is 0. The van der Waals surface area contributed by atoms with Crippen molar-refractivity contribution in [2.45, 2.75) is 15.8 Å². The first-order valence-electron chi connectivity index (χ1n) is 4.01. The maximum atomic E-state index is 12.6. The van der Waals surface area contributed by atoms with Crippen LogP contribution in [0.1, 0.15) is 26.4 Å². The second-order valence-corrected chi connectivity index (χ2v) is 5.10. The smallest absolute Gasteiger partial charge is 0.166 e. The zero-order valence-corrected chi connectivity index (χ0v) is 10.6. The molecule has 0 N–H and O–H groups in total. The Morgan fingerprint density at radius 3 is 1.88 bits per heavy atom. The van der Waals surface area contributed by atoms with Gasteiger partial charge in [0, 0.05) is 5.56 Å². The van der Waals surface area contributed by atoms with Crippen LogP contribution in [0, 0.1) is 0 Å². The Hall–Kier alpha value is 0.170. The lowest BCUT2D eigenvalue weighted by Gasteiger charge is -2.17. The van der Waals surface area contributed by atoms with Crippen molar-refractivity contribution in [2.75, 3.05) is 0 Å². The summed E-state index contributed by atoms with van der Waals surface area (Å²) in [4.78, 5) is -2.45. The second-order valence-electron chi connectivity index (χ2n) is 2.91. The van der Waals surface area contributed by atoms with Gasteiger partial charge in [0.25, 0.3) is 0 Å². The highest BCUT2D eigenvalue weighted by atomic mass is 35.5. The molecule has 7 heteroatoms. The van der Waals surface area contributed by atoms with Crippen molar-refractivity contribution < 1.29 is 13.2 Å². The van der Waals surface area contributed by atoms with Crippen molar-refractivity contribution in [3.8, 4) is 0 Å². The third-order valence-corrected chi connectivity index (χ3v) is 2.81. The van der Waals surface area contributed by atoms with Crippen LogP contribution >= 0.6 is 46.4 Å². The van der Waals surface area contributed by atoms with Gasteiger partial charge in [0.15, 0.2) is 0 Å². The van der Waals surface area contributed by atoms with Crippen molar-refractivity contribution in [3.05, 3.63) is 34.9 Å². The third-order valence-electron chi connectivity index (χ3n) is 1.90. The first-order chi connectivity index (χ1) is 7.25. The molecule has 90 valence electrons. The number of halogens is 7. The minimum absolute atomic E-state index is 0.0631. The molecule has 1 aromatic carbocycles. The molecule has 0 saturated heterocycles. The Morgan fingerprint density at radius 1 is 0.938 bits per heavy atom. The lowest BCUT2D eigenvalue weighted by atomic mass is 10.0. The van der Waals surface area contributed by atoms with Gasteiger partial charge in [0.2, 0.25) is 0 Å². The summed E-state index contributed by atoms with van der Waals surface area (Å²) in [6, 6.07) is 3.44. The Bertz CT molecular complexity index is 374. The standard InChI is InChI=1S/C9H5Cl4F3/c10-7(11)4-2-1-3-5(9(14,15)16)6(4)8(12)13/h1-3,7-8H. The number of alkyl halides is 7. The Kier molecular flexibility index (Phi) is 4.64. The zero-order chi connectivity index (χ0) is 12.5. The van der Waals surface area contributed by atoms with E-state index in [1.807, 2.05) is 0 Å². The van der Waals surface area contributed by atoms with Crippen LogP contribution in [0.2, 0.25) is 0 Å². The second kappa shape index (κ2) is 5.21. The minimum atomic E-state index is -4.55. The van der Waals surface area contributed by atoms with Crippen LogP contribution in [0.25, 0.3) is 0 Å². The summed E-state index contributed by atoms with van der Waals surface area (Å²) < 4.78 is 37.9. The molecule has 0 bridgehead atoms. The monoisotopic (exact) mass is 310 g/mol. The van der Waals surface area contributed by atoms with E-state index in [2.05, 4.69) is 0 Å². The van der Waals surface area contributed by atoms with E-state index in [0.717, 1.165) is 6.07 Å². The summed E-state index contributed by atoms with van der Waals surface area (Å²) in [5.74, 6) is 0. The van der Waals surface area contributed by atoms with E-state index in [0.29, 0.717) is 0 Å². The van der Waals surface area contributed by atoms with E-state index in [1.165, 1.54) is 12.1 Å². The Morgan fingerprint density at radius 2 is 1.50 bits per heavy atom.